The molecular formula is C18H19FN2O3. The van der Waals surface area contributed by atoms with Crippen molar-refractivity contribution in [3.8, 4) is 17.2 Å². The van der Waals surface area contributed by atoms with Gasteiger partial charge in [0, 0.05) is 17.8 Å². The lowest BCUT2D eigenvalue weighted by Gasteiger charge is -2.36. The van der Waals surface area contributed by atoms with Gasteiger partial charge in [-0.2, -0.15) is 0 Å². The molecule has 0 saturated carbocycles. The standard InChI is InChI=1S/C18H19FN2O3/c1-21-7-6-11-8-14-16(24-10-23-14)17(22-2)15(11)18(21)20-13-5-3-4-12(19)9-13/h3-5,8-9,18,20H,6-7,10H2,1-2H3/t18-/m1/s1. The average molecular weight is 330 g/mol. The van der Waals surface area contributed by atoms with Gasteiger partial charge in [0.15, 0.2) is 11.5 Å². The largest absolute Gasteiger partial charge is 0.492 e. The predicted molar refractivity (Wildman–Crippen MR) is 88.2 cm³/mol. The number of likely N-dealkylation sites (N-methyl/N-ethyl adjacent to an activating group) is 1. The van der Waals surface area contributed by atoms with Crippen molar-refractivity contribution >= 4 is 5.69 Å². The molecule has 126 valence electrons. The highest BCUT2D eigenvalue weighted by Gasteiger charge is 2.34. The van der Waals surface area contributed by atoms with Gasteiger partial charge in [-0.05, 0) is 43.3 Å². The van der Waals surface area contributed by atoms with Crippen LogP contribution in [-0.4, -0.2) is 32.4 Å². The van der Waals surface area contributed by atoms with E-state index in [-0.39, 0.29) is 18.8 Å². The Labute approximate surface area is 139 Å². The zero-order valence-corrected chi connectivity index (χ0v) is 13.6. The molecule has 0 aliphatic carbocycles. The Morgan fingerprint density at radius 3 is 2.96 bits per heavy atom. The molecule has 0 aromatic heterocycles. The number of ether oxygens (including phenoxy) is 3. The Morgan fingerprint density at radius 2 is 2.17 bits per heavy atom. The molecule has 2 aromatic carbocycles. The Balaban J connectivity index is 1.79. The van der Waals surface area contributed by atoms with Crippen LogP contribution in [-0.2, 0) is 6.42 Å². The van der Waals surface area contributed by atoms with Gasteiger partial charge in [-0.1, -0.05) is 6.07 Å². The number of hydrogen-bond donors (Lipinski definition) is 1. The van der Waals surface area contributed by atoms with Gasteiger partial charge in [-0.15, -0.1) is 0 Å². The van der Waals surface area contributed by atoms with Crippen molar-refractivity contribution in [2.45, 2.75) is 12.6 Å². The molecule has 0 amide bonds. The summed E-state index contributed by atoms with van der Waals surface area (Å²) in [6.07, 6.45) is 0.750. The molecule has 0 saturated heterocycles. The molecule has 1 N–H and O–H groups in total. The first kappa shape index (κ1) is 15.1. The fraction of sp³-hybridized carbons (Fsp3) is 0.333. The van der Waals surface area contributed by atoms with Crippen molar-refractivity contribution in [1.29, 1.82) is 0 Å². The van der Waals surface area contributed by atoms with Gasteiger partial charge in [0.2, 0.25) is 12.5 Å². The summed E-state index contributed by atoms with van der Waals surface area (Å²) in [5.41, 5.74) is 2.89. The van der Waals surface area contributed by atoms with Crippen molar-refractivity contribution in [1.82, 2.24) is 4.90 Å². The summed E-state index contributed by atoms with van der Waals surface area (Å²) in [5.74, 6) is 1.77. The van der Waals surface area contributed by atoms with E-state index in [1.165, 1.54) is 12.1 Å². The van der Waals surface area contributed by atoms with Crippen LogP contribution < -0.4 is 19.5 Å². The molecular weight excluding hydrogens is 311 g/mol. The van der Waals surface area contributed by atoms with Gasteiger partial charge in [0.25, 0.3) is 0 Å². The third-order valence-corrected chi connectivity index (χ3v) is 4.52. The van der Waals surface area contributed by atoms with E-state index in [1.54, 1.807) is 13.2 Å². The first-order valence-corrected chi connectivity index (χ1v) is 7.89. The molecule has 2 aliphatic rings. The Bertz CT molecular complexity index is 781. The van der Waals surface area contributed by atoms with E-state index >= 15 is 0 Å². The lowest BCUT2D eigenvalue weighted by atomic mass is 9.94. The van der Waals surface area contributed by atoms with Gasteiger partial charge in [0.1, 0.15) is 12.0 Å². The van der Waals surface area contributed by atoms with E-state index < -0.39 is 0 Å². The molecule has 4 rings (SSSR count). The molecule has 2 heterocycles. The van der Waals surface area contributed by atoms with E-state index in [0.29, 0.717) is 11.5 Å². The van der Waals surface area contributed by atoms with Crippen molar-refractivity contribution in [3.05, 3.63) is 47.3 Å². The minimum absolute atomic E-state index is 0.139. The van der Waals surface area contributed by atoms with Crippen molar-refractivity contribution < 1.29 is 18.6 Å². The number of fused-ring (bicyclic) bond motifs is 2. The monoisotopic (exact) mass is 330 g/mol. The van der Waals surface area contributed by atoms with Gasteiger partial charge < -0.3 is 19.5 Å². The summed E-state index contributed by atoms with van der Waals surface area (Å²) < 4.78 is 30.3. The summed E-state index contributed by atoms with van der Waals surface area (Å²) in [6, 6.07) is 8.49. The highest BCUT2D eigenvalue weighted by Crippen LogP contribution is 2.49. The lowest BCUT2D eigenvalue weighted by molar-refractivity contribution is 0.170. The molecule has 0 bridgehead atoms. The Hall–Kier alpha value is -2.47. The van der Waals surface area contributed by atoms with Gasteiger partial charge in [-0.25, -0.2) is 4.39 Å². The molecule has 0 spiro atoms. The lowest BCUT2D eigenvalue weighted by Crippen LogP contribution is -2.37. The highest BCUT2D eigenvalue weighted by atomic mass is 19.1. The predicted octanol–water partition coefficient (Wildman–Crippen LogP) is 3.16. The highest BCUT2D eigenvalue weighted by molar-refractivity contribution is 5.63. The minimum atomic E-state index is -0.267. The summed E-state index contributed by atoms with van der Waals surface area (Å²) >= 11 is 0. The van der Waals surface area contributed by atoms with Crippen molar-refractivity contribution in [3.63, 3.8) is 0 Å². The first-order chi connectivity index (χ1) is 11.7. The number of methoxy groups -OCH3 is 1. The Kier molecular flexibility index (Phi) is 3.69. The van der Waals surface area contributed by atoms with E-state index in [4.69, 9.17) is 14.2 Å². The summed E-state index contributed by atoms with van der Waals surface area (Å²) in [6.45, 7) is 1.08. The second-order valence-electron chi connectivity index (χ2n) is 6.00. The number of nitrogens with one attached hydrogen (secondary N) is 1. The molecule has 0 unspecified atom stereocenters. The smallest absolute Gasteiger partial charge is 0.231 e. The molecule has 6 heteroatoms. The van der Waals surface area contributed by atoms with Gasteiger partial charge >= 0.3 is 0 Å². The number of nitrogens with zero attached hydrogens (tertiary/aromatic N) is 1. The molecule has 2 aromatic rings. The van der Waals surface area contributed by atoms with E-state index in [0.717, 1.165) is 35.5 Å². The van der Waals surface area contributed by atoms with E-state index in [2.05, 4.69) is 10.2 Å². The topological polar surface area (TPSA) is 43.0 Å². The maximum Gasteiger partial charge on any atom is 0.231 e. The van der Waals surface area contributed by atoms with Crippen LogP contribution in [0.1, 0.15) is 17.3 Å². The van der Waals surface area contributed by atoms with Crippen LogP contribution in [0.15, 0.2) is 30.3 Å². The summed E-state index contributed by atoms with van der Waals surface area (Å²) in [5, 5.41) is 3.40. The van der Waals surface area contributed by atoms with Crippen molar-refractivity contribution in [2.24, 2.45) is 0 Å². The minimum Gasteiger partial charge on any atom is -0.492 e. The maximum absolute atomic E-state index is 13.5. The van der Waals surface area contributed by atoms with Crippen LogP contribution in [0, 0.1) is 5.82 Å². The van der Waals surface area contributed by atoms with Gasteiger partial charge in [-0.3, -0.25) is 4.90 Å². The molecule has 1 atom stereocenters. The Morgan fingerprint density at radius 1 is 1.29 bits per heavy atom. The first-order valence-electron chi connectivity index (χ1n) is 7.89. The van der Waals surface area contributed by atoms with Crippen LogP contribution >= 0.6 is 0 Å². The third kappa shape index (κ3) is 2.43. The summed E-state index contributed by atoms with van der Waals surface area (Å²) in [4.78, 5) is 2.18. The zero-order valence-electron chi connectivity index (χ0n) is 13.6. The number of rotatable bonds is 3. The van der Waals surface area contributed by atoms with Crippen LogP contribution in [0.2, 0.25) is 0 Å². The summed E-state index contributed by atoms with van der Waals surface area (Å²) in [7, 11) is 3.66. The number of halogens is 1. The second kappa shape index (κ2) is 5.87. The number of hydrogen-bond acceptors (Lipinski definition) is 5. The third-order valence-electron chi connectivity index (χ3n) is 4.52. The normalized spacial score (nSPS) is 19.0. The van der Waals surface area contributed by atoms with E-state index in [9.17, 15) is 4.39 Å². The molecule has 24 heavy (non-hydrogen) atoms. The van der Waals surface area contributed by atoms with Crippen LogP contribution in [0.3, 0.4) is 0 Å². The van der Waals surface area contributed by atoms with Crippen LogP contribution in [0.25, 0.3) is 0 Å². The quantitative estimate of drug-likeness (QED) is 0.936. The molecule has 5 nitrogen and oxygen atoms in total. The van der Waals surface area contributed by atoms with Crippen molar-refractivity contribution in [2.75, 3.05) is 32.8 Å². The number of benzene rings is 2. The molecule has 0 radical (unpaired) electrons. The number of anilines is 1. The van der Waals surface area contributed by atoms with Crippen LogP contribution in [0.5, 0.6) is 17.2 Å². The van der Waals surface area contributed by atoms with E-state index in [1.807, 2.05) is 19.2 Å². The maximum atomic E-state index is 13.5. The van der Waals surface area contributed by atoms with Crippen LogP contribution in [0.4, 0.5) is 10.1 Å². The SMILES string of the molecule is COc1c2c(cc3c1[C@H](Nc1cccc(F)c1)N(C)CC3)OCO2. The molecule has 2 aliphatic heterocycles. The molecule has 0 fully saturated rings. The second-order valence-corrected chi connectivity index (χ2v) is 6.00. The fourth-order valence-electron chi connectivity index (χ4n) is 3.35. The van der Waals surface area contributed by atoms with Gasteiger partial charge in [0.05, 0.1) is 7.11 Å². The zero-order chi connectivity index (χ0) is 16.7. The fourth-order valence-corrected chi connectivity index (χ4v) is 3.35. The average Bonchev–Trinajstić information content (AvgIpc) is 3.04.